The van der Waals surface area contributed by atoms with E-state index < -0.39 is 15.1 Å². The van der Waals surface area contributed by atoms with Gasteiger partial charge < -0.3 is 0 Å². The fraction of sp³-hybridized carbons (Fsp3) is 0.438. The second-order valence-electron chi connectivity index (χ2n) is 5.81. The maximum atomic E-state index is 12.6. The molecule has 1 aromatic carbocycles. The Kier molecular flexibility index (Phi) is 3.61. The average Bonchev–Trinajstić information content (AvgIpc) is 3.05. The summed E-state index contributed by atoms with van der Waals surface area (Å²) in [5.41, 5.74) is 4.18. The molecule has 1 atom stereocenters. The molecule has 1 aliphatic rings. The number of aryl methyl sites for hydroxylation is 3. The first-order valence-electron chi connectivity index (χ1n) is 7.27. The molecule has 0 N–H and O–H groups in total. The summed E-state index contributed by atoms with van der Waals surface area (Å²) < 4.78 is 26.8. The van der Waals surface area contributed by atoms with Gasteiger partial charge in [0.15, 0.2) is 9.84 Å². The molecule has 2 aromatic rings. The number of fused-ring (bicyclic) bond motifs is 1. The molecule has 4 nitrogen and oxygen atoms in total. The Morgan fingerprint density at radius 3 is 2.71 bits per heavy atom. The zero-order chi connectivity index (χ0) is 15.0. The van der Waals surface area contributed by atoms with E-state index in [-0.39, 0.29) is 5.75 Å². The molecule has 0 saturated carbocycles. The van der Waals surface area contributed by atoms with E-state index in [0.29, 0.717) is 5.69 Å². The van der Waals surface area contributed by atoms with E-state index in [2.05, 4.69) is 17.2 Å². The van der Waals surface area contributed by atoms with Crippen LogP contribution in [0.2, 0.25) is 0 Å². The first-order chi connectivity index (χ1) is 9.95. The zero-order valence-electron chi connectivity index (χ0n) is 12.4. The highest BCUT2D eigenvalue weighted by Crippen LogP contribution is 2.30. The Hall–Kier alpha value is -1.62. The lowest BCUT2D eigenvalue weighted by atomic mass is 10.0. The fourth-order valence-electron chi connectivity index (χ4n) is 2.92. The molecule has 1 aliphatic carbocycles. The molecule has 0 spiro atoms. The molecular formula is C16H20N2O2S. The Labute approximate surface area is 125 Å². The molecule has 5 heteroatoms. The zero-order valence-corrected chi connectivity index (χ0v) is 13.2. The van der Waals surface area contributed by atoms with E-state index in [9.17, 15) is 8.42 Å². The molecular weight excluding hydrogens is 284 g/mol. The molecule has 0 unspecified atom stereocenters. The van der Waals surface area contributed by atoms with Gasteiger partial charge in [0, 0.05) is 13.2 Å². The van der Waals surface area contributed by atoms with E-state index >= 15 is 0 Å². The highest BCUT2D eigenvalue weighted by atomic mass is 32.2. The van der Waals surface area contributed by atoms with E-state index in [1.54, 1.807) is 30.9 Å². The number of benzene rings is 1. The SMILES string of the molecule is C[C@@H](c1ccc2c(c1)CCC2)S(=O)(=O)Cc1ccn(C)n1. The van der Waals surface area contributed by atoms with Gasteiger partial charge in [-0.25, -0.2) is 8.42 Å². The number of hydrogen-bond donors (Lipinski definition) is 0. The van der Waals surface area contributed by atoms with Crippen LogP contribution < -0.4 is 0 Å². The van der Waals surface area contributed by atoms with Crippen LogP contribution in [0.5, 0.6) is 0 Å². The third kappa shape index (κ3) is 2.88. The van der Waals surface area contributed by atoms with Crippen LogP contribution in [-0.2, 0) is 35.5 Å². The average molecular weight is 304 g/mol. The maximum Gasteiger partial charge on any atom is 0.162 e. The van der Waals surface area contributed by atoms with Gasteiger partial charge in [0.25, 0.3) is 0 Å². The van der Waals surface area contributed by atoms with Crippen LogP contribution in [0, 0.1) is 0 Å². The minimum Gasteiger partial charge on any atom is -0.276 e. The Morgan fingerprint density at radius 2 is 2.00 bits per heavy atom. The third-order valence-corrected chi connectivity index (χ3v) is 6.30. The van der Waals surface area contributed by atoms with Gasteiger partial charge in [-0.3, -0.25) is 4.68 Å². The smallest absolute Gasteiger partial charge is 0.162 e. The minimum absolute atomic E-state index is 0.00785. The second-order valence-corrected chi connectivity index (χ2v) is 8.13. The number of aromatic nitrogens is 2. The van der Waals surface area contributed by atoms with Crippen LogP contribution in [0.1, 0.15) is 41.0 Å². The molecule has 1 aromatic heterocycles. The predicted octanol–water partition coefficient (Wildman–Crippen LogP) is 2.58. The maximum absolute atomic E-state index is 12.6. The Balaban J connectivity index is 1.84. The minimum atomic E-state index is -3.25. The third-order valence-electron chi connectivity index (χ3n) is 4.25. The standard InChI is InChI=1S/C16H20N2O2S/c1-12(14-7-6-13-4-3-5-15(13)10-14)21(19,20)11-16-8-9-18(2)17-16/h6-10,12H,3-5,11H2,1-2H3/t12-/m0/s1. The summed E-state index contributed by atoms with van der Waals surface area (Å²) >= 11 is 0. The summed E-state index contributed by atoms with van der Waals surface area (Å²) in [7, 11) is -1.45. The van der Waals surface area contributed by atoms with E-state index in [0.717, 1.165) is 18.4 Å². The molecule has 0 amide bonds. The molecule has 21 heavy (non-hydrogen) atoms. The Bertz CT molecular complexity index is 762. The lowest BCUT2D eigenvalue weighted by Crippen LogP contribution is -2.13. The van der Waals surface area contributed by atoms with Crippen molar-refractivity contribution in [3.05, 3.63) is 52.8 Å². The van der Waals surface area contributed by atoms with Gasteiger partial charge in [-0.2, -0.15) is 5.10 Å². The molecule has 0 fully saturated rings. The van der Waals surface area contributed by atoms with Crippen LogP contribution in [0.25, 0.3) is 0 Å². The summed E-state index contributed by atoms with van der Waals surface area (Å²) in [4.78, 5) is 0. The molecule has 0 aliphatic heterocycles. The first kappa shape index (κ1) is 14.3. The number of hydrogen-bond acceptors (Lipinski definition) is 3. The first-order valence-corrected chi connectivity index (χ1v) is 8.99. The monoisotopic (exact) mass is 304 g/mol. The van der Waals surface area contributed by atoms with Crippen molar-refractivity contribution < 1.29 is 8.42 Å². The lowest BCUT2D eigenvalue weighted by molar-refractivity contribution is 0.584. The van der Waals surface area contributed by atoms with Crippen LogP contribution >= 0.6 is 0 Å². The van der Waals surface area contributed by atoms with Crippen molar-refractivity contribution in [1.82, 2.24) is 9.78 Å². The molecule has 1 heterocycles. The number of nitrogens with zero attached hydrogens (tertiary/aromatic N) is 2. The van der Waals surface area contributed by atoms with Crippen molar-refractivity contribution in [2.45, 2.75) is 37.2 Å². The summed E-state index contributed by atoms with van der Waals surface area (Å²) in [5.74, 6) is -0.00785. The van der Waals surface area contributed by atoms with Gasteiger partial charge in [0.05, 0.1) is 16.7 Å². The second kappa shape index (κ2) is 5.30. The van der Waals surface area contributed by atoms with Crippen LogP contribution in [0.4, 0.5) is 0 Å². The summed E-state index contributed by atoms with van der Waals surface area (Å²) in [6, 6.07) is 7.88. The van der Waals surface area contributed by atoms with Crippen molar-refractivity contribution in [3.63, 3.8) is 0 Å². The molecule has 3 rings (SSSR count). The fourth-order valence-corrected chi connectivity index (χ4v) is 4.30. The molecule has 0 saturated heterocycles. The van der Waals surface area contributed by atoms with Crippen LogP contribution in [0.3, 0.4) is 0 Å². The van der Waals surface area contributed by atoms with Crippen LogP contribution in [-0.4, -0.2) is 18.2 Å². The summed E-state index contributed by atoms with van der Waals surface area (Å²) in [6.45, 7) is 1.77. The van der Waals surface area contributed by atoms with E-state index in [4.69, 9.17) is 0 Å². The lowest BCUT2D eigenvalue weighted by Gasteiger charge is -2.14. The van der Waals surface area contributed by atoms with Crippen molar-refractivity contribution in [2.24, 2.45) is 7.05 Å². The van der Waals surface area contributed by atoms with Gasteiger partial charge in [-0.05, 0) is 48.9 Å². The van der Waals surface area contributed by atoms with Crippen molar-refractivity contribution >= 4 is 9.84 Å². The van der Waals surface area contributed by atoms with E-state index in [1.165, 1.54) is 17.5 Å². The highest BCUT2D eigenvalue weighted by molar-refractivity contribution is 7.90. The normalized spacial score (nSPS) is 15.9. The van der Waals surface area contributed by atoms with E-state index in [1.807, 2.05) is 6.07 Å². The number of sulfone groups is 1. The quantitative estimate of drug-likeness (QED) is 0.872. The summed E-state index contributed by atoms with van der Waals surface area (Å²) in [5, 5.41) is 3.67. The predicted molar refractivity (Wildman–Crippen MR) is 82.7 cm³/mol. The van der Waals surface area contributed by atoms with Gasteiger partial charge >= 0.3 is 0 Å². The molecule has 112 valence electrons. The largest absolute Gasteiger partial charge is 0.276 e. The summed E-state index contributed by atoms with van der Waals surface area (Å²) in [6.07, 6.45) is 5.12. The highest BCUT2D eigenvalue weighted by Gasteiger charge is 2.25. The van der Waals surface area contributed by atoms with Gasteiger partial charge in [-0.15, -0.1) is 0 Å². The number of rotatable bonds is 4. The van der Waals surface area contributed by atoms with Crippen molar-refractivity contribution in [3.8, 4) is 0 Å². The van der Waals surface area contributed by atoms with Crippen molar-refractivity contribution in [2.75, 3.05) is 0 Å². The van der Waals surface area contributed by atoms with Gasteiger partial charge in [-0.1, -0.05) is 18.2 Å². The van der Waals surface area contributed by atoms with Gasteiger partial charge in [0.2, 0.25) is 0 Å². The molecule has 0 bridgehead atoms. The molecule has 0 radical (unpaired) electrons. The van der Waals surface area contributed by atoms with Gasteiger partial charge in [0.1, 0.15) is 0 Å². The Morgan fingerprint density at radius 1 is 1.24 bits per heavy atom. The van der Waals surface area contributed by atoms with Crippen molar-refractivity contribution in [1.29, 1.82) is 0 Å². The topological polar surface area (TPSA) is 52.0 Å². The van der Waals surface area contributed by atoms with Crippen LogP contribution in [0.15, 0.2) is 30.5 Å².